The van der Waals surface area contributed by atoms with E-state index in [1.807, 2.05) is 0 Å². The van der Waals surface area contributed by atoms with Crippen molar-refractivity contribution in [1.29, 1.82) is 0 Å². The Kier molecular flexibility index (Phi) is 5.88. The van der Waals surface area contributed by atoms with Gasteiger partial charge in [-0.05, 0) is 42.0 Å². The molecule has 0 radical (unpaired) electrons. The van der Waals surface area contributed by atoms with Gasteiger partial charge in [0.25, 0.3) is 17.4 Å². The number of amides is 2. The quantitative estimate of drug-likeness (QED) is 0.196. The lowest BCUT2D eigenvalue weighted by atomic mass is 9.95. The molecule has 2 aromatic carbocycles. The highest BCUT2D eigenvalue weighted by Crippen LogP contribution is 2.42. The smallest absolute Gasteiger partial charge is 0.300 e. The highest BCUT2D eigenvalue weighted by Gasteiger charge is 2.47. The van der Waals surface area contributed by atoms with Crippen LogP contribution in [0.5, 0.6) is 0 Å². The van der Waals surface area contributed by atoms with Crippen LogP contribution in [0.1, 0.15) is 24.1 Å². The summed E-state index contributed by atoms with van der Waals surface area (Å²) in [6, 6.07) is 13.7. The topological polar surface area (TPSA) is 143 Å². The Morgan fingerprint density at radius 2 is 1.76 bits per heavy atom. The van der Waals surface area contributed by atoms with Crippen LogP contribution in [0.15, 0.2) is 78.6 Å². The largest absolute Gasteiger partial charge is 0.507 e. The van der Waals surface area contributed by atoms with Gasteiger partial charge in [0.2, 0.25) is 5.91 Å². The number of nitrogens with one attached hydrogen (secondary N) is 1. The molecule has 0 bridgehead atoms. The monoisotopic (exact) mass is 458 g/mol. The number of Topliss-reactive ketones (excluding diaryl/α,β-unsaturated/α-hetero) is 1. The van der Waals surface area contributed by atoms with Gasteiger partial charge in [0, 0.05) is 48.4 Å². The number of rotatable bonds is 5. The average Bonchev–Trinajstić information content (AvgIpc) is 3.10. The summed E-state index contributed by atoms with van der Waals surface area (Å²) in [5.41, 5.74) is 0.926. The number of hydrogen-bond acceptors (Lipinski definition) is 7. The van der Waals surface area contributed by atoms with Crippen molar-refractivity contribution in [3.8, 4) is 0 Å². The normalized spacial score (nSPS) is 17.0. The van der Waals surface area contributed by atoms with Gasteiger partial charge in [0.15, 0.2) is 0 Å². The number of ketones is 1. The number of nitro benzene ring substituents is 1. The molecule has 34 heavy (non-hydrogen) atoms. The molecule has 2 heterocycles. The lowest BCUT2D eigenvalue weighted by molar-refractivity contribution is -0.384. The summed E-state index contributed by atoms with van der Waals surface area (Å²) in [6.45, 7) is 1.36. The Balaban J connectivity index is 1.87. The molecular weight excluding hydrogens is 440 g/mol. The van der Waals surface area contributed by atoms with Gasteiger partial charge in [0.05, 0.1) is 16.5 Å². The summed E-state index contributed by atoms with van der Waals surface area (Å²) >= 11 is 0. The van der Waals surface area contributed by atoms with Crippen LogP contribution >= 0.6 is 0 Å². The van der Waals surface area contributed by atoms with E-state index in [0.29, 0.717) is 16.9 Å². The molecule has 10 nitrogen and oxygen atoms in total. The first-order valence-electron chi connectivity index (χ1n) is 10.1. The second-order valence-corrected chi connectivity index (χ2v) is 7.49. The van der Waals surface area contributed by atoms with Gasteiger partial charge < -0.3 is 10.4 Å². The minimum Gasteiger partial charge on any atom is -0.507 e. The van der Waals surface area contributed by atoms with Gasteiger partial charge in [-0.2, -0.15) is 0 Å². The molecule has 0 spiro atoms. The number of aliphatic hydroxyl groups excluding tert-OH is 1. The predicted octanol–water partition coefficient (Wildman–Crippen LogP) is 3.57. The van der Waals surface area contributed by atoms with Crippen molar-refractivity contribution in [2.75, 3.05) is 10.2 Å². The van der Waals surface area contributed by atoms with Crippen LogP contribution in [0.2, 0.25) is 0 Å². The molecule has 4 rings (SSSR count). The molecule has 3 aromatic rings. The Morgan fingerprint density at radius 1 is 1.09 bits per heavy atom. The molecule has 2 amide bonds. The van der Waals surface area contributed by atoms with E-state index in [0.717, 1.165) is 6.07 Å². The van der Waals surface area contributed by atoms with E-state index in [9.17, 15) is 29.6 Å². The number of hydrogen-bond donors (Lipinski definition) is 2. The number of carbonyl (C=O) groups excluding carboxylic acids is 3. The van der Waals surface area contributed by atoms with E-state index in [2.05, 4.69) is 10.3 Å². The molecule has 1 fully saturated rings. The van der Waals surface area contributed by atoms with Gasteiger partial charge >= 0.3 is 0 Å². The first kappa shape index (κ1) is 22.3. The number of pyridine rings is 1. The van der Waals surface area contributed by atoms with Crippen molar-refractivity contribution < 1.29 is 24.4 Å². The van der Waals surface area contributed by atoms with Gasteiger partial charge in [-0.25, -0.2) is 0 Å². The summed E-state index contributed by atoms with van der Waals surface area (Å²) in [7, 11) is 0. The third-order valence-corrected chi connectivity index (χ3v) is 5.26. The van der Waals surface area contributed by atoms with Crippen LogP contribution in [0.25, 0.3) is 5.76 Å². The molecule has 2 N–H and O–H groups in total. The number of nitro groups is 1. The third kappa shape index (κ3) is 4.11. The predicted molar refractivity (Wildman–Crippen MR) is 123 cm³/mol. The molecule has 170 valence electrons. The van der Waals surface area contributed by atoms with Crippen LogP contribution in [0, 0.1) is 10.1 Å². The van der Waals surface area contributed by atoms with E-state index < -0.39 is 28.4 Å². The summed E-state index contributed by atoms with van der Waals surface area (Å²) in [5.74, 6) is -2.60. The van der Waals surface area contributed by atoms with Crippen molar-refractivity contribution in [3.05, 3.63) is 99.9 Å². The summed E-state index contributed by atoms with van der Waals surface area (Å²) < 4.78 is 0. The Labute approximate surface area is 193 Å². The molecular formula is C24H18N4O6. The van der Waals surface area contributed by atoms with Crippen LogP contribution in [-0.2, 0) is 14.4 Å². The summed E-state index contributed by atoms with van der Waals surface area (Å²) in [4.78, 5) is 53.3. The van der Waals surface area contributed by atoms with Crippen molar-refractivity contribution >= 4 is 40.4 Å². The van der Waals surface area contributed by atoms with Crippen LogP contribution in [0.4, 0.5) is 17.1 Å². The van der Waals surface area contributed by atoms with E-state index in [1.165, 1.54) is 42.4 Å². The summed E-state index contributed by atoms with van der Waals surface area (Å²) in [6.07, 6.45) is 2.98. The fourth-order valence-electron chi connectivity index (χ4n) is 3.79. The number of carbonyl (C=O) groups is 3. The SMILES string of the molecule is CC(=O)Nc1ccc(N2C(=O)C(=O)/C(=C(\O)c3cccc([N+](=O)[O-])c3)C2c2ccncc2)cc1. The zero-order chi connectivity index (χ0) is 24.4. The maximum atomic E-state index is 13.1. The zero-order valence-electron chi connectivity index (χ0n) is 17.8. The van der Waals surface area contributed by atoms with E-state index in [-0.39, 0.29) is 22.7 Å². The number of anilines is 2. The molecule has 1 unspecified atom stereocenters. The number of aliphatic hydroxyl groups is 1. The van der Waals surface area contributed by atoms with Crippen molar-refractivity contribution in [1.82, 2.24) is 4.98 Å². The maximum Gasteiger partial charge on any atom is 0.300 e. The van der Waals surface area contributed by atoms with Gasteiger partial charge in [0.1, 0.15) is 5.76 Å². The number of aromatic nitrogens is 1. The second kappa shape index (κ2) is 8.94. The molecule has 0 aliphatic carbocycles. The number of nitrogens with zero attached hydrogens (tertiary/aromatic N) is 3. The Morgan fingerprint density at radius 3 is 2.38 bits per heavy atom. The van der Waals surface area contributed by atoms with Gasteiger partial charge in [-0.3, -0.25) is 34.4 Å². The molecule has 1 aromatic heterocycles. The average molecular weight is 458 g/mol. The summed E-state index contributed by atoms with van der Waals surface area (Å²) in [5, 5.41) is 24.9. The fourth-order valence-corrected chi connectivity index (χ4v) is 3.79. The fraction of sp³-hybridized carbons (Fsp3) is 0.0833. The molecule has 10 heteroatoms. The second-order valence-electron chi connectivity index (χ2n) is 7.49. The van der Waals surface area contributed by atoms with Crippen LogP contribution < -0.4 is 10.2 Å². The van der Waals surface area contributed by atoms with E-state index in [1.54, 1.807) is 36.4 Å². The minimum absolute atomic E-state index is 0.0345. The maximum absolute atomic E-state index is 13.1. The molecule has 1 saturated heterocycles. The Hall–Kier alpha value is -4.86. The van der Waals surface area contributed by atoms with Gasteiger partial charge in [-0.1, -0.05) is 12.1 Å². The number of non-ortho nitro benzene ring substituents is 1. The first-order chi connectivity index (χ1) is 16.3. The molecule has 1 aliphatic rings. The Bertz CT molecular complexity index is 1340. The van der Waals surface area contributed by atoms with Crippen molar-refractivity contribution in [2.45, 2.75) is 13.0 Å². The van der Waals surface area contributed by atoms with Crippen LogP contribution in [0.3, 0.4) is 0 Å². The standard InChI is InChI=1S/C24H18N4O6/c1-14(29)26-17-5-7-18(8-6-17)27-21(15-9-11-25-12-10-15)20(23(31)24(27)32)22(30)16-3-2-4-19(13-16)28(33)34/h2-13,21,30H,1H3,(H,26,29)/b22-20-. The lowest BCUT2D eigenvalue weighted by Gasteiger charge is -2.25. The van der Waals surface area contributed by atoms with Gasteiger partial charge in [-0.15, -0.1) is 0 Å². The van der Waals surface area contributed by atoms with E-state index in [4.69, 9.17) is 0 Å². The van der Waals surface area contributed by atoms with E-state index >= 15 is 0 Å². The number of benzene rings is 2. The lowest BCUT2D eigenvalue weighted by Crippen LogP contribution is -2.29. The minimum atomic E-state index is -1.01. The highest BCUT2D eigenvalue weighted by molar-refractivity contribution is 6.51. The highest BCUT2D eigenvalue weighted by atomic mass is 16.6. The molecule has 1 atom stereocenters. The zero-order valence-corrected chi connectivity index (χ0v) is 17.8. The first-order valence-corrected chi connectivity index (χ1v) is 10.1. The third-order valence-electron chi connectivity index (χ3n) is 5.26. The molecule has 0 saturated carbocycles. The van der Waals surface area contributed by atoms with Crippen molar-refractivity contribution in [2.24, 2.45) is 0 Å². The molecule has 1 aliphatic heterocycles. The van der Waals surface area contributed by atoms with Crippen molar-refractivity contribution in [3.63, 3.8) is 0 Å². The van der Waals surface area contributed by atoms with Crippen LogP contribution in [-0.4, -0.2) is 32.6 Å².